The number of benzene rings is 2. The summed E-state index contributed by atoms with van der Waals surface area (Å²) in [4.78, 5) is 3.47. The van der Waals surface area contributed by atoms with Gasteiger partial charge in [0.05, 0.1) is 0 Å². The maximum absolute atomic E-state index is 5.53. The van der Waals surface area contributed by atoms with Crippen molar-refractivity contribution in [3.63, 3.8) is 0 Å². The largest absolute Gasteiger partial charge is 0.355 e. The van der Waals surface area contributed by atoms with E-state index in [1.165, 1.54) is 40.2 Å². The summed E-state index contributed by atoms with van der Waals surface area (Å²) in [5.41, 5.74) is 9.40. The minimum absolute atomic E-state index is 0.807. The summed E-state index contributed by atoms with van der Waals surface area (Å²) in [6.45, 7) is 0.807. The maximum atomic E-state index is 5.53. The van der Waals surface area contributed by atoms with Crippen molar-refractivity contribution in [2.24, 2.45) is 5.73 Å². The van der Waals surface area contributed by atoms with Crippen LogP contribution in [-0.2, 0) is 6.42 Å². The van der Waals surface area contributed by atoms with E-state index in [1.54, 1.807) is 0 Å². The van der Waals surface area contributed by atoms with Crippen molar-refractivity contribution in [2.75, 3.05) is 6.54 Å². The molecule has 19 heavy (non-hydrogen) atoms. The fourth-order valence-electron chi connectivity index (χ4n) is 2.70. The van der Waals surface area contributed by atoms with Gasteiger partial charge in [-0.15, -0.1) is 0 Å². The van der Waals surface area contributed by atoms with Crippen LogP contribution in [0.15, 0.2) is 42.5 Å². The number of aromatic amines is 1. The van der Waals surface area contributed by atoms with Crippen LogP contribution in [0.25, 0.3) is 21.8 Å². The number of para-hydroxylation sites is 1. The smallest absolute Gasteiger partial charge is 0.0465 e. The zero-order chi connectivity index (χ0) is 13.1. The van der Waals surface area contributed by atoms with Crippen molar-refractivity contribution < 1.29 is 0 Å². The fraction of sp³-hybridized carbons (Fsp3) is 0.294. The lowest BCUT2D eigenvalue weighted by atomic mass is 10.0. The number of nitrogens with two attached hydrogens (primary N) is 1. The Morgan fingerprint density at radius 3 is 2.58 bits per heavy atom. The van der Waals surface area contributed by atoms with Gasteiger partial charge in [0.2, 0.25) is 0 Å². The Balaban J connectivity index is 1.89. The number of H-pyrrole nitrogens is 1. The van der Waals surface area contributed by atoms with Crippen LogP contribution in [0.5, 0.6) is 0 Å². The zero-order valence-corrected chi connectivity index (χ0v) is 11.2. The normalized spacial score (nSPS) is 11.4. The average Bonchev–Trinajstić information content (AvgIpc) is 2.82. The number of nitrogens with one attached hydrogen (secondary N) is 1. The number of hydrogen-bond acceptors (Lipinski definition) is 1. The molecule has 0 saturated carbocycles. The molecule has 0 bridgehead atoms. The van der Waals surface area contributed by atoms with Gasteiger partial charge in [0.1, 0.15) is 0 Å². The highest BCUT2D eigenvalue weighted by Crippen LogP contribution is 2.26. The number of aromatic nitrogens is 1. The van der Waals surface area contributed by atoms with E-state index in [4.69, 9.17) is 5.73 Å². The number of fused-ring (bicyclic) bond motifs is 3. The first kappa shape index (κ1) is 12.2. The standard InChI is InChI=1S/C17H20N2/c18-11-5-1-2-6-13-9-10-17-15(12-13)14-7-3-4-8-16(14)19-17/h3-4,7-10,12,19H,1-2,5-6,11,18H2. The first-order valence-electron chi connectivity index (χ1n) is 7.08. The molecule has 3 N–H and O–H groups in total. The highest BCUT2D eigenvalue weighted by Gasteiger charge is 2.04. The first-order chi connectivity index (χ1) is 9.38. The Morgan fingerprint density at radius 2 is 1.68 bits per heavy atom. The SMILES string of the molecule is NCCCCCc1ccc2[nH]c3ccccc3c2c1. The third-order valence-electron chi connectivity index (χ3n) is 3.74. The van der Waals surface area contributed by atoms with E-state index in [2.05, 4.69) is 47.4 Å². The van der Waals surface area contributed by atoms with Gasteiger partial charge in [-0.25, -0.2) is 0 Å². The number of unbranched alkanes of at least 4 members (excludes halogenated alkanes) is 2. The molecule has 98 valence electrons. The molecule has 0 spiro atoms. The minimum Gasteiger partial charge on any atom is -0.355 e. The molecule has 3 aromatic rings. The molecule has 0 aliphatic rings. The summed E-state index contributed by atoms with van der Waals surface area (Å²) in [5.74, 6) is 0. The average molecular weight is 252 g/mol. The molecule has 3 rings (SSSR count). The predicted molar refractivity (Wildman–Crippen MR) is 82.4 cm³/mol. The van der Waals surface area contributed by atoms with Crippen molar-refractivity contribution in [3.8, 4) is 0 Å². The van der Waals surface area contributed by atoms with Gasteiger partial charge in [-0.1, -0.05) is 30.7 Å². The second-order valence-corrected chi connectivity index (χ2v) is 5.15. The van der Waals surface area contributed by atoms with Crippen LogP contribution in [0, 0.1) is 0 Å². The van der Waals surface area contributed by atoms with Gasteiger partial charge in [-0.2, -0.15) is 0 Å². The van der Waals surface area contributed by atoms with Crippen LogP contribution < -0.4 is 5.73 Å². The molecule has 2 aromatic carbocycles. The van der Waals surface area contributed by atoms with Crippen LogP contribution in [0.3, 0.4) is 0 Å². The van der Waals surface area contributed by atoms with E-state index in [0.717, 1.165) is 19.4 Å². The van der Waals surface area contributed by atoms with E-state index in [-0.39, 0.29) is 0 Å². The van der Waals surface area contributed by atoms with Crippen molar-refractivity contribution >= 4 is 21.8 Å². The summed E-state index contributed by atoms with van der Waals surface area (Å²) < 4.78 is 0. The van der Waals surface area contributed by atoms with Crippen LogP contribution in [0.2, 0.25) is 0 Å². The minimum atomic E-state index is 0.807. The quantitative estimate of drug-likeness (QED) is 0.662. The van der Waals surface area contributed by atoms with E-state index in [0.29, 0.717) is 0 Å². The molecule has 1 heterocycles. The summed E-state index contributed by atoms with van der Waals surface area (Å²) in [7, 11) is 0. The Kier molecular flexibility index (Phi) is 3.51. The molecule has 0 radical (unpaired) electrons. The Labute approximate surface area is 113 Å². The molecule has 0 amide bonds. The van der Waals surface area contributed by atoms with Gasteiger partial charge in [-0.3, -0.25) is 0 Å². The van der Waals surface area contributed by atoms with Crippen LogP contribution in [0.1, 0.15) is 24.8 Å². The second kappa shape index (κ2) is 5.45. The Hall–Kier alpha value is -1.80. The van der Waals surface area contributed by atoms with Crippen molar-refractivity contribution in [2.45, 2.75) is 25.7 Å². The molecule has 0 unspecified atom stereocenters. The monoisotopic (exact) mass is 252 g/mol. The van der Waals surface area contributed by atoms with E-state index >= 15 is 0 Å². The van der Waals surface area contributed by atoms with Crippen molar-refractivity contribution in [1.82, 2.24) is 4.98 Å². The van der Waals surface area contributed by atoms with Crippen molar-refractivity contribution in [3.05, 3.63) is 48.0 Å². The Bertz CT molecular complexity index is 682. The van der Waals surface area contributed by atoms with E-state index in [9.17, 15) is 0 Å². The molecule has 2 nitrogen and oxygen atoms in total. The van der Waals surface area contributed by atoms with Gasteiger partial charge in [0, 0.05) is 21.8 Å². The lowest BCUT2D eigenvalue weighted by molar-refractivity contribution is 0.687. The van der Waals surface area contributed by atoms with Gasteiger partial charge in [-0.05, 0) is 49.6 Å². The fourth-order valence-corrected chi connectivity index (χ4v) is 2.70. The lowest BCUT2D eigenvalue weighted by Crippen LogP contribution is -1.98. The van der Waals surface area contributed by atoms with Gasteiger partial charge in [0.15, 0.2) is 0 Å². The second-order valence-electron chi connectivity index (χ2n) is 5.15. The topological polar surface area (TPSA) is 41.8 Å². The first-order valence-corrected chi connectivity index (χ1v) is 7.08. The molecule has 0 saturated heterocycles. The third kappa shape index (κ3) is 2.49. The van der Waals surface area contributed by atoms with E-state index in [1.807, 2.05) is 0 Å². The number of hydrogen-bond donors (Lipinski definition) is 2. The summed E-state index contributed by atoms with van der Waals surface area (Å²) in [6, 6.07) is 15.3. The summed E-state index contributed by atoms with van der Waals surface area (Å²) in [6.07, 6.45) is 4.73. The molecular weight excluding hydrogens is 232 g/mol. The summed E-state index contributed by atoms with van der Waals surface area (Å²) in [5, 5.41) is 2.66. The van der Waals surface area contributed by atoms with E-state index < -0.39 is 0 Å². The molecule has 0 aliphatic heterocycles. The van der Waals surface area contributed by atoms with Gasteiger partial charge >= 0.3 is 0 Å². The lowest BCUT2D eigenvalue weighted by Gasteiger charge is -2.01. The molecule has 2 heteroatoms. The Morgan fingerprint density at radius 1 is 0.842 bits per heavy atom. The molecular formula is C17H20N2. The summed E-state index contributed by atoms with van der Waals surface area (Å²) >= 11 is 0. The molecule has 0 aliphatic carbocycles. The zero-order valence-electron chi connectivity index (χ0n) is 11.2. The molecule has 0 fully saturated rings. The van der Waals surface area contributed by atoms with Crippen LogP contribution in [0.4, 0.5) is 0 Å². The predicted octanol–water partition coefficient (Wildman–Crippen LogP) is 3.99. The number of aryl methyl sites for hydroxylation is 1. The maximum Gasteiger partial charge on any atom is 0.0465 e. The van der Waals surface area contributed by atoms with Gasteiger partial charge in [0.25, 0.3) is 0 Å². The molecule has 0 atom stereocenters. The highest BCUT2D eigenvalue weighted by atomic mass is 14.7. The third-order valence-corrected chi connectivity index (χ3v) is 3.74. The van der Waals surface area contributed by atoms with Crippen LogP contribution >= 0.6 is 0 Å². The van der Waals surface area contributed by atoms with Crippen LogP contribution in [-0.4, -0.2) is 11.5 Å². The number of rotatable bonds is 5. The van der Waals surface area contributed by atoms with Crippen molar-refractivity contribution in [1.29, 1.82) is 0 Å². The highest BCUT2D eigenvalue weighted by molar-refractivity contribution is 6.07. The van der Waals surface area contributed by atoms with Gasteiger partial charge < -0.3 is 10.7 Å². The molecule has 1 aromatic heterocycles.